The predicted molar refractivity (Wildman–Crippen MR) is 88.4 cm³/mol. The zero-order valence-electron chi connectivity index (χ0n) is 12.5. The molecule has 1 atom stereocenters. The lowest BCUT2D eigenvalue weighted by atomic mass is 9.85. The van der Waals surface area contributed by atoms with Crippen LogP contribution in [-0.4, -0.2) is 12.3 Å². The Bertz CT molecular complexity index is 546. The second-order valence-electron chi connectivity index (χ2n) is 5.31. The highest BCUT2D eigenvalue weighted by Crippen LogP contribution is 2.31. The van der Waals surface area contributed by atoms with Crippen LogP contribution >= 0.6 is 0 Å². The summed E-state index contributed by atoms with van der Waals surface area (Å²) in [5, 5.41) is 0. The summed E-state index contributed by atoms with van der Waals surface area (Å²) < 4.78 is 0. The highest BCUT2D eigenvalue weighted by molar-refractivity contribution is 6.10. The predicted octanol–water partition coefficient (Wildman–Crippen LogP) is 5.08. The Kier molecular flexibility index (Phi) is 5.11. The van der Waals surface area contributed by atoms with E-state index >= 15 is 0 Å². The van der Waals surface area contributed by atoms with Crippen molar-refractivity contribution in [2.75, 3.05) is 6.54 Å². The Morgan fingerprint density at radius 1 is 1.35 bits per heavy atom. The third kappa shape index (κ3) is 3.57. The molecule has 1 heteroatoms. The lowest BCUT2D eigenvalue weighted by Gasteiger charge is -2.20. The van der Waals surface area contributed by atoms with E-state index in [1.54, 1.807) is 0 Å². The summed E-state index contributed by atoms with van der Waals surface area (Å²) in [7, 11) is 0. The number of benzene rings is 1. The lowest BCUT2D eigenvalue weighted by molar-refractivity contribution is 0.808. The maximum atomic E-state index is 4.63. The molecule has 104 valence electrons. The summed E-state index contributed by atoms with van der Waals surface area (Å²) >= 11 is 0. The average molecular weight is 265 g/mol. The van der Waals surface area contributed by atoms with E-state index in [1.165, 1.54) is 16.7 Å². The molecule has 0 N–H and O–H groups in total. The van der Waals surface area contributed by atoms with Gasteiger partial charge in [-0.2, -0.15) is 0 Å². The van der Waals surface area contributed by atoms with Gasteiger partial charge in [-0.3, -0.25) is 4.99 Å². The maximum absolute atomic E-state index is 4.63. The molecule has 1 aliphatic carbocycles. The Morgan fingerprint density at radius 3 is 2.75 bits per heavy atom. The van der Waals surface area contributed by atoms with Crippen LogP contribution in [0.15, 0.2) is 71.3 Å². The minimum Gasteiger partial charge on any atom is -0.285 e. The van der Waals surface area contributed by atoms with Crippen LogP contribution in [0.4, 0.5) is 0 Å². The van der Waals surface area contributed by atoms with E-state index in [1.807, 2.05) is 6.08 Å². The largest absolute Gasteiger partial charge is 0.285 e. The normalized spacial score (nSPS) is 19.3. The Balaban J connectivity index is 2.31. The average Bonchev–Trinajstić information content (AvgIpc) is 2.48. The number of hydrogen-bond donors (Lipinski definition) is 0. The van der Waals surface area contributed by atoms with Gasteiger partial charge in [-0.25, -0.2) is 0 Å². The molecule has 1 aromatic rings. The van der Waals surface area contributed by atoms with Crippen LogP contribution in [0.5, 0.6) is 0 Å². The first-order valence-electron chi connectivity index (χ1n) is 7.35. The molecule has 0 saturated heterocycles. The van der Waals surface area contributed by atoms with Gasteiger partial charge in [0.2, 0.25) is 0 Å². The first-order valence-corrected chi connectivity index (χ1v) is 7.35. The van der Waals surface area contributed by atoms with Crippen molar-refractivity contribution < 1.29 is 0 Å². The van der Waals surface area contributed by atoms with Gasteiger partial charge in [-0.1, -0.05) is 61.6 Å². The van der Waals surface area contributed by atoms with E-state index in [9.17, 15) is 0 Å². The number of nitrogens with zero attached hydrogens (tertiary/aromatic N) is 1. The van der Waals surface area contributed by atoms with Crippen LogP contribution in [0.3, 0.4) is 0 Å². The summed E-state index contributed by atoms with van der Waals surface area (Å²) in [5.41, 5.74) is 5.01. The van der Waals surface area contributed by atoms with E-state index < -0.39 is 0 Å². The summed E-state index contributed by atoms with van der Waals surface area (Å²) in [5.74, 6) is 0.447. The molecule has 20 heavy (non-hydrogen) atoms. The fourth-order valence-corrected chi connectivity index (χ4v) is 2.57. The van der Waals surface area contributed by atoms with Crippen LogP contribution in [0.25, 0.3) is 0 Å². The zero-order chi connectivity index (χ0) is 14.4. The second kappa shape index (κ2) is 7.04. The molecule has 1 aromatic carbocycles. The van der Waals surface area contributed by atoms with Crippen molar-refractivity contribution in [3.05, 3.63) is 71.8 Å². The van der Waals surface area contributed by atoms with Gasteiger partial charge in [0.25, 0.3) is 0 Å². The van der Waals surface area contributed by atoms with E-state index in [2.05, 4.69) is 67.9 Å². The minimum absolute atomic E-state index is 0.447. The highest BCUT2D eigenvalue weighted by atomic mass is 14.7. The quantitative estimate of drug-likeness (QED) is 0.658. The third-order valence-electron chi connectivity index (χ3n) is 3.55. The summed E-state index contributed by atoms with van der Waals surface area (Å²) in [6.45, 7) is 9.12. The van der Waals surface area contributed by atoms with Crippen molar-refractivity contribution >= 4 is 5.71 Å². The van der Waals surface area contributed by atoms with Crippen LogP contribution in [-0.2, 0) is 0 Å². The van der Waals surface area contributed by atoms with E-state index in [4.69, 9.17) is 0 Å². The summed E-state index contributed by atoms with van der Waals surface area (Å²) in [6.07, 6.45) is 8.61. The topological polar surface area (TPSA) is 12.4 Å². The molecule has 0 amide bonds. The fraction of sp³-hybridized carbons (Fsp3) is 0.316. The van der Waals surface area contributed by atoms with Gasteiger partial charge in [0, 0.05) is 12.5 Å². The molecule has 0 spiro atoms. The highest BCUT2D eigenvalue weighted by Gasteiger charge is 2.16. The number of allylic oxidation sites excluding steroid dienone is 5. The van der Waals surface area contributed by atoms with Crippen LogP contribution < -0.4 is 0 Å². The van der Waals surface area contributed by atoms with E-state index in [-0.39, 0.29) is 0 Å². The molecule has 2 rings (SSSR count). The number of hydrogen-bond acceptors (Lipinski definition) is 1. The molecule has 0 aromatic heterocycles. The van der Waals surface area contributed by atoms with Crippen molar-refractivity contribution in [1.82, 2.24) is 0 Å². The molecule has 0 heterocycles. The van der Waals surface area contributed by atoms with Crippen molar-refractivity contribution in [2.24, 2.45) is 4.99 Å². The van der Waals surface area contributed by atoms with Gasteiger partial charge in [0.1, 0.15) is 0 Å². The molecule has 0 saturated carbocycles. The molecular weight excluding hydrogens is 242 g/mol. The third-order valence-corrected chi connectivity index (χ3v) is 3.55. The molecule has 0 radical (unpaired) electrons. The van der Waals surface area contributed by atoms with Crippen LogP contribution in [0.2, 0.25) is 0 Å². The molecule has 1 aliphatic rings. The second-order valence-corrected chi connectivity index (χ2v) is 5.31. The summed E-state index contributed by atoms with van der Waals surface area (Å²) in [6, 6.07) is 10.7. The molecule has 1 nitrogen and oxygen atoms in total. The summed E-state index contributed by atoms with van der Waals surface area (Å²) in [4.78, 5) is 4.63. The first-order chi connectivity index (χ1) is 9.74. The van der Waals surface area contributed by atoms with Gasteiger partial charge < -0.3 is 0 Å². The number of rotatable bonds is 5. The van der Waals surface area contributed by atoms with Crippen molar-refractivity contribution in [1.29, 1.82) is 0 Å². The molecule has 1 unspecified atom stereocenters. The lowest BCUT2D eigenvalue weighted by Crippen LogP contribution is -2.08. The smallest absolute Gasteiger partial charge is 0.0637 e. The molecular formula is C19H23N. The van der Waals surface area contributed by atoms with Gasteiger partial charge in [0.15, 0.2) is 0 Å². The van der Waals surface area contributed by atoms with E-state index in [0.717, 1.165) is 25.1 Å². The fourth-order valence-electron chi connectivity index (χ4n) is 2.57. The van der Waals surface area contributed by atoms with Crippen LogP contribution in [0.1, 0.15) is 38.2 Å². The first kappa shape index (κ1) is 14.5. The SMILES string of the molecule is C=CC(=NCCC)C1=CC(c2ccccc2)CC(C)=C1. The van der Waals surface area contributed by atoms with Gasteiger partial charge >= 0.3 is 0 Å². The van der Waals surface area contributed by atoms with E-state index in [0.29, 0.717) is 5.92 Å². The standard InChI is InChI=1S/C19H23N/c1-4-11-20-19(5-2)18-13-15(3)12-17(14-18)16-9-7-6-8-10-16/h5-10,13-14,17H,2,4,11-12H2,1,3H3. The molecule has 0 aliphatic heterocycles. The van der Waals surface area contributed by atoms with Crippen molar-refractivity contribution in [2.45, 2.75) is 32.6 Å². The van der Waals surface area contributed by atoms with Crippen LogP contribution in [0, 0.1) is 0 Å². The number of aliphatic imine (C=N–C) groups is 1. The Hall–Kier alpha value is -1.89. The Labute approximate surface area is 122 Å². The van der Waals surface area contributed by atoms with Gasteiger partial charge in [0.05, 0.1) is 5.71 Å². The van der Waals surface area contributed by atoms with Gasteiger partial charge in [-0.15, -0.1) is 0 Å². The van der Waals surface area contributed by atoms with Crippen molar-refractivity contribution in [3.63, 3.8) is 0 Å². The monoisotopic (exact) mass is 265 g/mol. The molecule has 0 fully saturated rings. The maximum Gasteiger partial charge on any atom is 0.0637 e. The van der Waals surface area contributed by atoms with Gasteiger partial charge in [-0.05, 0) is 37.0 Å². The molecule has 0 bridgehead atoms. The Morgan fingerprint density at radius 2 is 2.10 bits per heavy atom. The minimum atomic E-state index is 0.447. The van der Waals surface area contributed by atoms with Crippen molar-refractivity contribution in [3.8, 4) is 0 Å². The zero-order valence-corrected chi connectivity index (χ0v) is 12.5.